The van der Waals surface area contributed by atoms with Crippen LogP contribution < -0.4 is 4.57 Å². The first kappa shape index (κ1) is 29.7. The second-order valence-electron chi connectivity index (χ2n) is 10.8. The fraction of sp³-hybridized carbons (Fsp3) is 0.727. The first-order chi connectivity index (χ1) is 17.3. The van der Waals surface area contributed by atoms with Gasteiger partial charge in [-0.1, -0.05) is 147 Å². The van der Waals surface area contributed by atoms with Gasteiger partial charge in [-0.05, 0) is 24.8 Å². The average Bonchev–Trinajstić information content (AvgIpc) is 3.25. The molecule has 0 saturated carbocycles. The molecule has 2 rings (SSSR count). The Labute approximate surface area is 218 Å². The summed E-state index contributed by atoms with van der Waals surface area (Å²) in [6, 6.07) is 10.9. The number of hydrogen-bond acceptors (Lipinski definition) is 0. The number of aryl methyl sites for hydroxylation is 1. The number of benzene rings is 1. The molecule has 2 heteroatoms. The van der Waals surface area contributed by atoms with E-state index in [4.69, 9.17) is 0 Å². The molecular weight excluding hydrogens is 424 g/mol. The Kier molecular flexibility index (Phi) is 17.5. The zero-order chi connectivity index (χ0) is 24.8. The molecule has 1 aromatic carbocycles. The van der Waals surface area contributed by atoms with Crippen molar-refractivity contribution in [2.24, 2.45) is 0 Å². The zero-order valence-corrected chi connectivity index (χ0v) is 23.5. The van der Waals surface area contributed by atoms with Gasteiger partial charge in [-0.15, -0.1) is 0 Å². The number of rotatable bonds is 23. The topological polar surface area (TPSA) is 8.81 Å². The standard InChI is InChI=1S/C33H57N2/c1-3-5-7-9-10-11-12-13-14-15-16-17-18-19-24-28-34-29-30-35(31-32-25-21-20-22-26-32)33(34)27-23-8-6-4-2/h20-22,25-26,29-30H,3-19,23-24,27-28,31H2,1-2H3/q+1. The third-order valence-electron chi connectivity index (χ3n) is 7.54. The van der Waals surface area contributed by atoms with Gasteiger partial charge in [-0.3, -0.25) is 0 Å². The normalized spacial score (nSPS) is 11.4. The van der Waals surface area contributed by atoms with Crippen LogP contribution in [-0.2, 0) is 19.5 Å². The minimum absolute atomic E-state index is 0.996. The first-order valence-corrected chi connectivity index (χ1v) is 15.5. The fourth-order valence-electron chi connectivity index (χ4n) is 5.28. The lowest BCUT2D eigenvalue weighted by Crippen LogP contribution is -2.37. The maximum atomic E-state index is 2.55. The van der Waals surface area contributed by atoms with E-state index in [-0.39, 0.29) is 0 Å². The van der Waals surface area contributed by atoms with Gasteiger partial charge in [0.2, 0.25) is 0 Å². The molecule has 0 amide bonds. The Morgan fingerprint density at radius 3 is 1.60 bits per heavy atom. The molecule has 0 atom stereocenters. The highest BCUT2D eigenvalue weighted by atomic mass is 15.1. The molecule has 0 saturated heterocycles. The van der Waals surface area contributed by atoms with Crippen molar-refractivity contribution in [3.05, 3.63) is 54.1 Å². The zero-order valence-electron chi connectivity index (χ0n) is 23.5. The maximum Gasteiger partial charge on any atom is 0.256 e. The van der Waals surface area contributed by atoms with E-state index < -0.39 is 0 Å². The van der Waals surface area contributed by atoms with E-state index in [1.165, 1.54) is 146 Å². The molecular formula is C33H57N2+. The molecule has 0 fully saturated rings. The molecule has 1 aromatic heterocycles. The predicted octanol–water partition coefficient (Wildman–Crippen LogP) is 9.82. The van der Waals surface area contributed by atoms with Gasteiger partial charge in [0.05, 0.1) is 6.54 Å². The summed E-state index contributed by atoms with van der Waals surface area (Å²) in [7, 11) is 0. The Bertz CT molecular complexity index is 718. The number of hydrogen-bond donors (Lipinski definition) is 0. The van der Waals surface area contributed by atoms with Gasteiger partial charge in [0, 0.05) is 6.42 Å². The van der Waals surface area contributed by atoms with Crippen LogP contribution >= 0.6 is 0 Å². The Morgan fingerprint density at radius 2 is 1.06 bits per heavy atom. The molecule has 0 spiro atoms. The summed E-state index contributed by atoms with van der Waals surface area (Å²) in [6.07, 6.45) is 32.7. The summed E-state index contributed by atoms with van der Waals surface area (Å²) in [5.74, 6) is 1.52. The summed E-state index contributed by atoms with van der Waals surface area (Å²) in [6.45, 7) is 6.78. The predicted molar refractivity (Wildman–Crippen MR) is 153 cm³/mol. The molecule has 0 unspecified atom stereocenters. The third kappa shape index (κ3) is 13.9. The molecule has 0 aliphatic heterocycles. The van der Waals surface area contributed by atoms with E-state index in [1.807, 2.05) is 0 Å². The van der Waals surface area contributed by atoms with Crippen molar-refractivity contribution in [2.75, 3.05) is 0 Å². The van der Waals surface area contributed by atoms with Crippen LogP contribution in [0.3, 0.4) is 0 Å². The van der Waals surface area contributed by atoms with Crippen LogP contribution in [0.25, 0.3) is 0 Å². The van der Waals surface area contributed by atoms with E-state index >= 15 is 0 Å². The summed E-state index contributed by atoms with van der Waals surface area (Å²) in [5.41, 5.74) is 1.40. The molecule has 0 aliphatic rings. The van der Waals surface area contributed by atoms with Crippen molar-refractivity contribution >= 4 is 0 Å². The number of imidazole rings is 1. The van der Waals surface area contributed by atoms with Gasteiger partial charge in [-0.25, -0.2) is 9.13 Å². The van der Waals surface area contributed by atoms with E-state index in [0.717, 1.165) is 6.54 Å². The summed E-state index contributed by atoms with van der Waals surface area (Å²) in [5, 5.41) is 0. The lowest BCUT2D eigenvalue weighted by Gasteiger charge is -2.07. The van der Waals surface area contributed by atoms with Crippen LogP contribution in [0.4, 0.5) is 0 Å². The first-order valence-electron chi connectivity index (χ1n) is 15.5. The minimum Gasteiger partial charge on any atom is -0.234 e. The molecule has 35 heavy (non-hydrogen) atoms. The molecule has 0 N–H and O–H groups in total. The maximum absolute atomic E-state index is 2.55. The van der Waals surface area contributed by atoms with Gasteiger partial charge in [-0.2, -0.15) is 0 Å². The number of unbranched alkanes of at least 4 members (excludes halogenated alkanes) is 17. The Morgan fingerprint density at radius 1 is 0.571 bits per heavy atom. The molecule has 1 heterocycles. The van der Waals surface area contributed by atoms with Crippen LogP contribution in [-0.4, -0.2) is 4.57 Å². The van der Waals surface area contributed by atoms with E-state index in [0.29, 0.717) is 0 Å². The average molecular weight is 482 g/mol. The molecule has 198 valence electrons. The quantitative estimate of drug-likeness (QED) is 0.110. The lowest BCUT2D eigenvalue weighted by molar-refractivity contribution is -0.695. The van der Waals surface area contributed by atoms with Gasteiger partial charge in [0.15, 0.2) is 0 Å². The van der Waals surface area contributed by atoms with Gasteiger partial charge < -0.3 is 0 Å². The van der Waals surface area contributed by atoms with Crippen molar-refractivity contribution in [3.8, 4) is 0 Å². The Hall–Kier alpha value is -1.57. The molecule has 0 aliphatic carbocycles. The van der Waals surface area contributed by atoms with Gasteiger partial charge >= 0.3 is 0 Å². The SMILES string of the molecule is CCCCCCCCCCCCCCCCCn1cc[n+](Cc2ccccc2)c1CCCCCC. The largest absolute Gasteiger partial charge is 0.256 e. The summed E-state index contributed by atoms with van der Waals surface area (Å²) in [4.78, 5) is 0. The Balaban J connectivity index is 1.58. The molecule has 2 nitrogen and oxygen atoms in total. The van der Waals surface area contributed by atoms with Crippen LogP contribution in [0.15, 0.2) is 42.7 Å². The van der Waals surface area contributed by atoms with Gasteiger partial charge in [0.1, 0.15) is 18.9 Å². The highest BCUT2D eigenvalue weighted by Crippen LogP contribution is 2.14. The van der Waals surface area contributed by atoms with Crippen LogP contribution in [0, 0.1) is 0 Å². The molecule has 2 aromatic rings. The monoisotopic (exact) mass is 481 g/mol. The number of aromatic nitrogens is 2. The fourth-order valence-corrected chi connectivity index (χ4v) is 5.28. The van der Waals surface area contributed by atoms with Gasteiger partial charge in [0.25, 0.3) is 5.82 Å². The molecule has 0 radical (unpaired) electrons. The summed E-state index contributed by atoms with van der Waals surface area (Å²) >= 11 is 0. The van der Waals surface area contributed by atoms with Crippen LogP contribution in [0.1, 0.15) is 147 Å². The van der Waals surface area contributed by atoms with Crippen LogP contribution in [0.2, 0.25) is 0 Å². The highest BCUT2D eigenvalue weighted by molar-refractivity contribution is 5.13. The summed E-state index contributed by atoms with van der Waals surface area (Å²) < 4.78 is 5.05. The minimum atomic E-state index is 0.996. The number of nitrogens with zero attached hydrogens (tertiary/aromatic N) is 2. The van der Waals surface area contributed by atoms with E-state index in [2.05, 4.69) is 65.7 Å². The smallest absolute Gasteiger partial charge is 0.234 e. The van der Waals surface area contributed by atoms with Crippen molar-refractivity contribution in [3.63, 3.8) is 0 Å². The van der Waals surface area contributed by atoms with E-state index in [1.54, 1.807) is 0 Å². The van der Waals surface area contributed by atoms with Crippen molar-refractivity contribution in [1.82, 2.24) is 4.57 Å². The highest BCUT2D eigenvalue weighted by Gasteiger charge is 2.16. The van der Waals surface area contributed by atoms with Crippen LogP contribution in [0.5, 0.6) is 0 Å². The van der Waals surface area contributed by atoms with Crippen molar-refractivity contribution in [1.29, 1.82) is 0 Å². The second kappa shape index (κ2) is 20.6. The van der Waals surface area contributed by atoms with Crippen molar-refractivity contribution in [2.45, 2.75) is 155 Å². The molecule has 0 bridgehead atoms. The van der Waals surface area contributed by atoms with Crippen molar-refractivity contribution < 1.29 is 4.57 Å². The third-order valence-corrected chi connectivity index (χ3v) is 7.54. The second-order valence-corrected chi connectivity index (χ2v) is 10.8. The van der Waals surface area contributed by atoms with E-state index in [9.17, 15) is 0 Å². The lowest BCUT2D eigenvalue weighted by atomic mass is 10.0.